The van der Waals surface area contributed by atoms with Gasteiger partial charge in [-0.15, -0.1) is 11.6 Å². The standard InChI is InChI=1S/C13H10ClN3/c14-8-12-15-13(17-16-12)11-6-5-9-3-1-2-4-10(9)7-11/h1-7H,8H2,(H,15,16,17). The molecule has 0 amide bonds. The number of benzene rings is 2. The number of H-pyrrole nitrogens is 1. The lowest BCUT2D eigenvalue weighted by atomic mass is 10.1. The van der Waals surface area contributed by atoms with Gasteiger partial charge in [-0.2, -0.15) is 5.10 Å². The Morgan fingerprint density at radius 2 is 1.88 bits per heavy atom. The van der Waals surface area contributed by atoms with Crippen molar-refractivity contribution in [3.8, 4) is 11.4 Å². The van der Waals surface area contributed by atoms with Crippen LogP contribution in [0.4, 0.5) is 0 Å². The molecule has 1 heterocycles. The number of aromatic nitrogens is 3. The van der Waals surface area contributed by atoms with E-state index in [0.717, 1.165) is 5.56 Å². The summed E-state index contributed by atoms with van der Waals surface area (Å²) in [5, 5.41) is 9.35. The van der Waals surface area contributed by atoms with Crippen molar-refractivity contribution in [2.75, 3.05) is 0 Å². The van der Waals surface area contributed by atoms with E-state index in [4.69, 9.17) is 11.6 Å². The first-order valence-corrected chi connectivity index (χ1v) is 5.87. The topological polar surface area (TPSA) is 41.6 Å². The Hall–Kier alpha value is -1.87. The number of halogens is 1. The molecule has 0 spiro atoms. The molecule has 17 heavy (non-hydrogen) atoms. The smallest absolute Gasteiger partial charge is 0.181 e. The van der Waals surface area contributed by atoms with E-state index in [-0.39, 0.29) is 0 Å². The van der Waals surface area contributed by atoms with Gasteiger partial charge in [-0.25, -0.2) is 4.98 Å². The summed E-state index contributed by atoms with van der Waals surface area (Å²) >= 11 is 5.69. The monoisotopic (exact) mass is 243 g/mol. The third-order valence-electron chi connectivity index (χ3n) is 2.67. The zero-order chi connectivity index (χ0) is 11.7. The van der Waals surface area contributed by atoms with Crippen LogP contribution in [0.2, 0.25) is 0 Å². The highest BCUT2D eigenvalue weighted by Gasteiger charge is 2.05. The summed E-state index contributed by atoms with van der Waals surface area (Å²) in [6.45, 7) is 0. The molecule has 0 fully saturated rings. The van der Waals surface area contributed by atoms with Crippen LogP contribution in [-0.2, 0) is 5.88 Å². The van der Waals surface area contributed by atoms with Crippen molar-refractivity contribution in [2.24, 2.45) is 0 Å². The molecule has 1 aromatic heterocycles. The summed E-state index contributed by atoms with van der Waals surface area (Å²) in [6.07, 6.45) is 0. The van der Waals surface area contributed by atoms with Gasteiger partial charge in [-0.05, 0) is 16.8 Å². The van der Waals surface area contributed by atoms with Crippen molar-refractivity contribution >= 4 is 22.4 Å². The molecule has 0 saturated heterocycles. The van der Waals surface area contributed by atoms with Gasteiger partial charge in [0.1, 0.15) is 5.82 Å². The molecule has 3 aromatic rings. The Labute approximate surface area is 103 Å². The quantitative estimate of drug-likeness (QED) is 0.701. The lowest BCUT2D eigenvalue weighted by Gasteiger charge is -1.99. The zero-order valence-electron chi connectivity index (χ0n) is 9.02. The van der Waals surface area contributed by atoms with Crippen molar-refractivity contribution in [1.29, 1.82) is 0 Å². The summed E-state index contributed by atoms with van der Waals surface area (Å²) in [7, 11) is 0. The van der Waals surface area contributed by atoms with Crippen LogP contribution in [0.5, 0.6) is 0 Å². The van der Waals surface area contributed by atoms with Gasteiger partial charge in [0.25, 0.3) is 0 Å². The maximum atomic E-state index is 5.69. The minimum atomic E-state index is 0.348. The fourth-order valence-electron chi connectivity index (χ4n) is 1.81. The summed E-state index contributed by atoms with van der Waals surface area (Å²) in [5.74, 6) is 1.72. The van der Waals surface area contributed by atoms with Crippen molar-refractivity contribution in [2.45, 2.75) is 5.88 Å². The zero-order valence-corrected chi connectivity index (χ0v) is 9.78. The van der Waals surface area contributed by atoms with Crippen LogP contribution in [0.3, 0.4) is 0 Å². The van der Waals surface area contributed by atoms with Gasteiger partial charge in [0.05, 0.1) is 5.88 Å². The molecular weight excluding hydrogens is 234 g/mol. The summed E-state index contributed by atoms with van der Waals surface area (Å²) in [6, 6.07) is 14.4. The highest BCUT2D eigenvalue weighted by Crippen LogP contribution is 2.21. The molecule has 3 nitrogen and oxygen atoms in total. The van der Waals surface area contributed by atoms with E-state index in [9.17, 15) is 0 Å². The van der Waals surface area contributed by atoms with Gasteiger partial charge in [0.15, 0.2) is 5.82 Å². The van der Waals surface area contributed by atoms with Gasteiger partial charge in [-0.3, -0.25) is 5.10 Å². The van der Waals surface area contributed by atoms with Crippen LogP contribution in [-0.4, -0.2) is 15.2 Å². The Kier molecular flexibility index (Phi) is 2.53. The number of fused-ring (bicyclic) bond motifs is 1. The molecule has 0 bridgehead atoms. The van der Waals surface area contributed by atoms with Gasteiger partial charge < -0.3 is 0 Å². The molecule has 0 unspecified atom stereocenters. The second-order valence-corrected chi connectivity index (χ2v) is 4.07. The van der Waals surface area contributed by atoms with E-state index >= 15 is 0 Å². The first-order valence-electron chi connectivity index (χ1n) is 5.33. The maximum Gasteiger partial charge on any atom is 0.181 e. The first kappa shape index (κ1) is 10.3. The third-order valence-corrected chi connectivity index (χ3v) is 2.92. The highest BCUT2D eigenvalue weighted by molar-refractivity contribution is 6.16. The molecule has 3 rings (SSSR count). The predicted molar refractivity (Wildman–Crippen MR) is 68.9 cm³/mol. The van der Waals surface area contributed by atoms with E-state index in [2.05, 4.69) is 39.4 Å². The van der Waals surface area contributed by atoms with Crippen LogP contribution in [0.1, 0.15) is 5.82 Å². The Bertz CT molecular complexity index is 660. The van der Waals surface area contributed by atoms with Gasteiger partial charge in [0, 0.05) is 5.56 Å². The number of hydrogen-bond acceptors (Lipinski definition) is 2. The summed E-state index contributed by atoms with van der Waals surface area (Å²) in [5.41, 5.74) is 0.997. The molecular formula is C13H10ClN3. The molecule has 0 atom stereocenters. The molecule has 84 valence electrons. The minimum absolute atomic E-state index is 0.348. The molecule has 0 radical (unpaired) electrons. The van der Waals surface area contributed by atoms with Crippen molar-refractivity contribution in [3.05, 3.63) is 48.3 Å². The average Bonchev–Trinajstić information content (AvgIpc) is 2.87. The summed E-state index contributed by atoms with van der Waals surface area (Å²) < 4.78 is 0. The van der Waals surface area contributed by atoms with Gasteiger partial charge in [0.2, 0.25) is 0 Å². The maximum absolute atomic E-state index is 5.69. The van der Waals surface area contributed by atoms with Crippen LogP contribution < -0.4 is 0 Å². The second-order valence-electron chi connectivity index (χ2n) is 3.80. The Morgan fingerprint density at radius 3 is 2.65 bits per heavy atom. The van der Waals surface area contributed by atoms with Crippen molar-refractivity contribution < 1.29 is 0 Å². The first-order chi connectivity index (χ1) is 8.36. The average molecular weight is 244 g/mol. The van der Waals surface area contributed by atoms with E-state index in [0.29, 0.717) is 17.5 Å². The molecule has 0 aliphatic rings. The Balaban J connectivity index is 2.11. The number of aromatic amines is 1. The number of alkyl halides is 1. The molecule has 0 aliphatic heterocycles. The number of nitrogens with one attached hydrogen (secondary N) is 1. The van der Waals surface area contributed by atoms with Crippen LogP contribution in [0.25, 0.3) is 22.2 Å². The third kappa shape index (κ3) is 1.89. The second kappa shape index (κ2) is 4.18. The van der Waals surface area contributed by atoms with E-state index in [1.54, 1.807) is 0 Å². The number of hydrogen-bond donors (Lipinski definition) is 1. The van der Waals surface area contributed by atoms with Gasteiger partial charge >= 0.3 is 0 Å². The molecule has 0 aliphatic carbocycles. The lowest BCUT2D eigenvalue weighted by Crippen LogP contribution is -1.82. The predicted octanol–water partition coefficient (Wildman–Crippen LogP) is 3.36. The molecule has 1 N–H and O–H groups in total. The van der Waals surface area contributed by atoms with Crippen LogP contribution in [0, 0.1) is 0 Å². The van der Waals surface area contributed by atoms with Crippen molar-refractivity contribution in [1.82, 2.24) is 15.2 Å². The van der Waals surface area contributed by atoms with Crippen LogP contribution >= 0.6 is 11.6 Å². The SMILES string of the molecule is ClCc1nc(-c2ccc3ccccc3c2)n[nH]1. The summed E-state index contributed by atoms with van der Waals surface area (Å²) in [4.78, 5) is 4.31. The molecule has 2 aromatic carbocycles. The fraction of sp³-hybridized carbons (Fsp3) is 0.0769. The van der Waals surface area contributed by atoms with E-state index in [1.165, 1.54) is 10.8 Å². The number of rotatable bonds is 2. The Morgan fingerprint density at radius 1 is 1.06 bits per heavy atom. The largest absolute Gasteiger partial charge is 0.262 e. The molecule has 4 heteroatoms. The van der Waals surface area contributed by atoms with E-state index in [1.807, 2.05) is 18.2 Å². The lowest BCUT2D eigenvalue weighted by molar-refractivity contribution is 1.02. The van der Waals surface area contributed by atoms with Gasteiger partial charge in [-0.1, -0.05) is 36.4 Å². The normalized spacial score (nSPS) is 10.9. The molecule has 0 saturated carbocycles. The fourth-order valence-corrected chi connectivity index (χ4v) is 1.93. The van der Waals surface area contributed by atoms with E-state index < -0.39 is 0 Å². The minimum Gasteiger partial charge on any atom is -0.262 e. The van der Waals surface area contributed by atoms with Crippen molar-refractivity contribution in [3.63, 3.8) is 0 Å². The van der Waals surface area contributed by atoms with Crippen LogP contribution in [0.15, 0.2) is 42.5 Å². The highest BCUT2D eigenvalue weighted by atomic mass is 35.5. The number of nitrogens with zero attached hydrogens (tertiary/aromatic N) is 2.